The number of aromatic nitrogens is 1. The highest BCUT2D eigenvalue weighted by Gasteiger charge is 2.15. The average molecular weight is 568 g/mol. The summed E-state index contributed by atoms with van der Waals surface area (Å²) in [6.45, 7) is 2.03. The number of aryl methyl sites for hydroxylation is 1. The van der Waals surface area contributed by atoms with Crippen LogP contribution in [0.25, 0.3) is 21.7 Å². The number of ether oxygens (including phenoxy) is 4. The van der Waals surface area contributed by atoms with Gasteiger partial charge in [0.15, 0.2) is 28.8 Å². The molecule has 5 aromatic rings. The lowest BCUT2D eigenvalue weighted by molar-refractivity contribution is 0.0992. The van der Waals surface area contributed by atoms with E-state index in [-0.39, 0.29) is 5.78 Å². The highest BCUT2D eigenvalue weighted by molar-refractivity contribution is 7.15. The van der Waals surface area contributed by atoms with Crippen molar-refractivity contribution < 1.29 is 23.7 Å². The maximum atomic E-state index is 12.2. The first-order valence-electron chi connectivity index (χ1n) is 13.0. The molecule has 0 saturated carbocycles. The minimum atomic E-state index is 0.0622. The number of methoxy groups -OCH3 is 4. The first-order valence-corrected chi connectivity index (χ1v) is 13.8. The van der Waals surface area contributed by atoms with Gasteiger partial charge >= 0.3 is 0 Å². The van der Waals surface area contributed by atoms with Gasteiger partial charge in [-0.15, -0.1) is 11.3 Å². The van der Waals surface area contributed by atoms with Gasteiger partial charge in [-0.1, -0.05) is 60.7 Å². The van der Waals surface area contributed by atoms with Crippen LogP contribution >= 0.6 is 11.3 Å². The van der Waals surface area contributed by atoms with E-state index >= 15 is 0 Å². The van der Waals surface area contributed by atoms with Crippen LogP contribution in [0.15, 0.2) is 97.1 Å². The Labute approximate surface area is 245 Å². The molecular formula is C34H33NO5S. The minimum absolute atomic E-state index is 0.0622. The van der Waals surface area contributed by atoms with Crippen LogP contribution in [0.2, 0.25) is 0 Å². The fraction of sp³-hybridized carbons (Fsp3) is 0.176. The number of benzene rings is 4. The molecule has 0 unspecified atom stereocenters. The Hall–Kier alpha value is -4.62. The van der Waals surface area contributed by atoms with Crippen molar-refractivity contribution in [3.05, 3.63) is 113 Å². The summed E-state index contributed by atoms with van der Waals surface area (Å²) in [7, 11) is 6.42. The zero-order chi connectivity index (χ0) is 29.2. The molecule has 0 bridgehead atoms. The van der Waals surface area contributed by atoms with Gasteiger partial charge in [0.25, 0.3) is 0 Å². The van der Waals surface area contributed by atoms with Gasteiger partial charge in [0.2, 0.25) is 0 Å². The summed E-state index contributed by atoms with van der Waals surface area (Å²) in [4.78, 5) is 18.1. The minimum Gasteiger partial charge on any atom is -0.493 e. The van der Waals surface area contributed by atoms with Crippen LogP contribution in [0.3, 0.4) is 0 Å². The Morgan fingerprint density at radius 2 is 1.22 bits per heavy atom. The summed E-state index contributed by atoms with van der Waals surface area (Å²) in [5.41, 5.74) is 4.82. The zero-order valence-corrected chi connectivity index (χ0v) is 24.7. The number of carbonyl (C=O) groups excluding carboxylic acids is 1. The van der Waals surface area contributed by atoms with Gasteiger partial charge < -0.3 is 18.9 Å². The third-order valence-corrected chi connectivity index (χ3v) is 7.36. The normalized spacial score (nSPS) is 10.3. The summed E-state index contributed by atoms with van der Waals surface area (Å²) in [6, 6.07) is 31.1. The number of hydrogen-bond donors (Lipinski definition) is 0. The number of rotatable bonds is 9. The number of carbonyl (C=O) groups is 1. The van der Waals surface area contributed by atoms with Crippen molar-refractivity contribution in [1.82, 2.24) is 4.98 Å². The van der Waals surface area contributed by atoms with E-state index in [9.17, 15) is 4.79 Å². The highest BCUT2D eigenvalue weighted by atomic mass is 32.1. The van der Waals surface area contributed by atoms with Crippen LogP contribution in [0.5, 0.6) is 23.0 Å². The van der Waals surface area contributed by atoms with E-state index in [0.29, 0.717) is 29.2 Å². The first kappa shape index (κ1) is 29.4. The first-order chi connectivity index (χ1) is 20.0. The fourth-order valence-electron chi connectivity index (χ4n) is 4.28. The van der Waals surface area contributed by atoms with Gasteiger partial charge in [-0.3, -0.25) is 4.79 Å². The third kappa shape index (κ3) is 7.32. The molecule has 7 heteroatoms. The van der Waals surface area contributed by atoms with E-state index < -0.39 is 0 Å². The molecule has 0 N–H and O–H groups in total. The summed E-state index contributed by atoms with van der Waals surface area (Å²) in [6.07, 6.45) is 0.385. The molecule has 0 spiro atoms. The van der Waals surface area contributed by atoms with E-state index in [0.717, 1.165) is 27.6 Å². The van der Waals surface area contributed by atoms with E-state index in [2.05, 4.69) is 12.1 Å². The topological polar surface area (TPSA) is 66.9 Å². The molecule has 1 heterocycles. The average Bonchev–Trinajstić information content (AvgIpc) is 3.43. The SMILES string of the molecule is COc1ccc(-c2nc(C)sc2-c2ccccc2)cc1OC.COc1ccc(C(=O)Cc2ccccc2)cc1OC. The number of nitrogens with zero attached hydrogens (tertiary/aromatic N) is 1. The summed E-state index contributed by atoms with van der Waals surface area (Å²) >= 11 is 1.70. The molecule has 0 radical (unpaired) electrons. The molecule has 0 atom stereocenters. The second-order valence-corrected chi connectivity index (χ2v) is 10.2. The molecular weight excluding hydrogens is 534 g/mol. The van der Waals surface area contributed by atoms with Gasteiger partial charge in [-0.2, -0.15) is 0 Å². The Balaban J connectivity index is 0.000000191. The third-order valence-electron chi connectivity index (χ3n) is 6.34. The lowest BCUT2D eigenvalue weighted by Gasteiger charge is -2.09. The van der Waals surface area contributed by atoms with Crippen LogP contribution in [-0.4, -0.2) is 39.2 Å². The molecule has 6 nitrogen and oxygen atoms in total. The van der Waals surface area contributed by atoms with Crippen LogP contribution in [0, 0.1) is 6.92 Å². The zero-order valence-electron chi connectivity index (χ0n) is 23.8. The van der Waals surface area contributed by atoms with Crippen molar-refractivity contribution in [1.29, 1.82) is 0 Å². The molecule has 210 valence electrons. The van der Waals surface area contributed by atoms with Crippen LogP contribution in [-0.2, 0) is 6.42 Å². The largest absolute Gasteiger partial charge is 0.493 e. The second kappa shape index (κ2) is 14.1. The van der Waals surface area contributed by atoms with Crippen LogP contribution in [0.1, 0.15) is 20.9 Å². The molecule has 0 aliphatic rings. The Kier molecular flexibility index (Phi) is 10.1. The number of Topliss-reactive ketones (excluding diaryl/α,β-unsaturated/α-hetero) is 1. The predicted octanol–water partition coefficient (Wildman–Crippen LogP) is 7.93. The van der Waals surface area contributed by atoms with Gasteiger partial charge in [0.1, 0.15) is 0 Å². The molecule has 1 aromatic heterocycles. The fourth-order valence-corrected chi connectivity index (χ4v) is 5.23. The molecule has 5 rings (SSSR count). The van der Waals surface area contributed by atoms with Crippen molar-refractivity contribution in [3.8, 4) is 44.7 Å². The molecule has 41 heavy (non-hydrogen) atoms. The van der Waals surface area contributed by atoms with Crippen LogP contribution < -0.4 is 18.9 Å². The monoisotopic (exact) mass is 567 g/mol. The van der Waals surface area contributed by atoms with Crippen molar-refractivity contribution in [3.63, 3.8) is 0 Å². The number of ketones is 1. The lowest BCUT2D eigenvalue weighted by atomic mass is 10.0. The summed E-state index contributed by atoms with van der Waals surface area (Å²) < 4.78 is 21.1. The summed E-state index contributed by atoms with van der Waals surface area (Å²) in [5.74, 6) is 2.69. The lowest BCUT2D eigenvalue weighted by Crippen LogP contribution is -2.04. The molecule has 0 amide bonds. The van der Waals surface area contributed by atoms with E-state index in [1.807, 2.05) is 73.7 Å². The molecule has 0 fully saturated rings. The Morgan fingerprint density at radius 1 is 0.659 bits per heavy atom. The maximum Gasteiger partial charge on any atom is 0.167 e. The smallest absolute Gasteiger partial charge is 0.167 e. The molecule has 0 aliphatic carbocycles. The molecule has 4 aromatic carbocycles. The van der Waals surface area contributed by atoms with Crippen molar-refractivity contribution in [2.24, 2.45) is 0 Å². The van der Waals surface area contributed by atoms with Crippen LogP contribution in [0.4, 0.5) is 0 Å². The Morgan fingerprint density at radius 3 is 1.83 bits per heavy atom. The van der Waals surface area contributed by atoms with Gasteiger partial charge in [-0.25, -0.2) is 4.98 Å². The van der Waals surface area contributed by atoms with Gasteiger partial charge in [-0.05, 0) is 54.4 Å². The number of hydrogen-bond acceptors (Lipinski definition) is 7. The van der Waals surface area contributed by atoms with E-state index in [1.54, 1.807) is 58.0 Å². The van der Waals surface area contributed by atoms with Gasteiger partial charge in [0, 0.05) is 17.5 Å². The molecule has 0 aliphatic heterocycles. The molecule has 0 saturated heterocycles. The quantitative estimate of drug-likeness (QED) is 0.169. The standard InChI is InChI=1S/C18H17NO2S.C16H16O3/c1-12-19-17(18(22-12)13-7-5-4-6-8-13)14-9-10-15(20-2)16(11-14)21-3;1-18-15-9-8-13(11-16(15)19-2)14(17)10-12-6-4-3-5-7-12/h4-11H,1-3H3;3-9,11H,10H2,1-2H3. The summed E-state index contributed by atoms with van der Waals surface area (Å²) in [5, 5.41) is 1.05. The van der Waals surface area contributed by atoms with Crippen molar-refractivity contribution in [2.75, 3.05) is 28.4 Å². The van der Waals surface area contributed by atoms with E-state index in [4.69, 9.17) is 23.9 Å². The van der Waals surface area contributed by atoms with E-state index in [1.165, 1.54) is 10.4 Å². The van der Waals surface area contributed by atoms with Gasteiger partial charge in [0.05, 0.1) is 44.0 Å². The van der Waals surface area contributed by atoms with Crippen molar-refractivity contribution in [2.45, 2.75) is 13.3 Å². The van der Waals surface area contributed by atoms with Crippen molar-refractivity contribution >= 4 is 17.1 Å². The Bertz CT molecular complexity index is 1580. The second-order valence-electron chi connectivity index (χ2n) is 9.00. The highest BCUT2D eigenvalue weighted by Crippen LogP contribution is 2.39. The number of thiazole rings is 1. The maximum absolute atomic E-state index is 12.2. The predicted molar refractivity (Wildman–Crippen MR) is 165 cm³/mol.